The molecule has 0 saturated carbocycles. The van der Waals surface area contributed by atoms with Crippen LogP contribution in [-0.2, 0) is 11.0 Å². The van der Waals surface area contributed by atoms with Gasteiger partial charge in [0.25, 0.3) is 0 Å². The number of aliphatic hydroxyl groups is 1. The zero-order valence-electron chi connectivity index (χ0n) is 23.5. The highest BCUT2D eigenvalue weighted by atomic mass is 19.4. The number of rotatable bonds is 10. The van der Waals surface area contributed by atoms with E-state index in [1.807, 2.05) is 0 Å². The molecule has 0 aliphatic heterocycles. The quantitative estimate of drug-likeness (QED) is 0.244. The molecule has 3 atom stereocenters. The lowest BCUT2D eigenvalue weighted by atomic mass is 10.0. The molecule has 4 rings (SSSR count). The third-order valence-corrected chi connectivity index (χ3v) is 6.46. The second-order valence-corrected chi connectivity index (χ2v) is 9.58. The summed E-state index contributed by atoms with van der Waals surface area (Å²) in [5.41, 5.74) is 1.10. The summed E-state index contributed by atoms with van der Waals surface area (Å²) in [5, 5.41) is 24.7. The number of amides is 1. The zero-order chi connectivity index (χ0) is 30.6. The SMILES string of the molecule is COc1ccc(OC)c(C(O)C(C)NC(=O)C(C)n2cc(-c3cc(C)cc(Nc4cc(C(F)(F)F)ccn4)n3)nn2)c1. The van der Waals surface area contributed by atoms with Crippen LogP contribution < -0.4 is 20.1 Å². The largest absolute Gasteiger partial charge is 0.497 e. The maximum Gasteiger partial charge on any atom is 0.416 e. The van der Waals surface area contributed by atoms with E-state index in [9.17, 15) is 23.1 Å². The summed E-state index contributed by atoms with van der Waals surface area (Å²) < 4.78 is 51.2. The Labute approximate surface area is 239 Å². The molecule has 0 aliphatic carbocycles. The first-order valence-electron chi connectivity index (χ1n) is 12.8. The molecule has 3 unspecified atom stereocenters. The van der Waals surface area contributed by atoms with Crippen molar-refractivity contribution in [2.75, 3.05) is 19.5 Å². The number of aromatic nitrogens is 5. The number of carbonyl (C=O) groups is 1. The van der Waals surface area contributed by atoms with Crippen LogP contribution in [0.1, 0.15) is 42.7 Å². The van der Waals surface area contributed by atoms with Crippen molar-refractivity contribution >= 4 is 17.5 Å². The lowest BCUT2D eigenvalue weighted by molar-refractivity contribution is -0.137. The highest BCUT2D eigenvalue weighted by molar-refractivity contribution is 5.80. The Morgan fingerprint density at radius 1 is 1.02 bits per heavy atom. The van der Waals surface area contributed by atoms with Gasteiger partial charge in [0.1, 0.15) is 41.0 Å². The van der Waals surface area contributed by atoms with E-state index in [-0.39, 0.29) is 11.6 Å². The molecule has 0 fully saturated rings. The molecular weight excluding hydrogens is 555 g/mol. The van der Waals surface area contributed by atoms with Gasteiger partial charge in [0.05, 0.1) is 37.7 Å². The number of nitrogens with one attached hydrogen (secondary N) is 2. The van der Waals surface area contributed by atoms with Gasteiger partial charge in [-0.15, -0.1) is 5.10 Å². The van der Waals surface area contributed by atoms with Crippen LogP contribution in [0.4, 0.5) is 24.8 Å². The summed E-state index contributed by atoms with van der Waals surface area (Å²) in [6, 6.07) is 8.66. The Morgan fingerprint density at radius 2 is 1.79 bits per heavy atom. The number of hydrogen-bond acceptors (Lipinski definition) is 9. The number of hydrogen-bond donors (Lipinski definition) is 3. The van der Waals surface area contributed by atoms with Crippen LogP contribution in [0.3, 0.4) is 0 Å². The summed E-state index contributed by atoms with van der Waals surface area (Å²) in [6.45, 7) is 5.07. The smallest absolute Gasteiger partial charge is 0.416 e. The van der Waals surface area contributed by atoms with E-state index in [1.165, 1.54) is 25.1 Å². The molecule has 0 aliphatic rings. The average Bonchev–Trinajstić information content (AvgIpc) is 3.46. The number of aryl methyl sites for hydroxylation is 1. The Balaban J connectivity index is 1.47. The van der Waals surface area contributed by atoms with Gasteiger partial charge < -0.3 is 25.2 Å². The van der Waals surface area contributed by atoms with Crippen molar-refractivity contribution in [2.45, 2.75) is 45.1 Å². The van der Waals surface area contributed by atoms with Gasteiger partial charge in [0.15, 0.2) is 0 Å². The van der Waals surface area contributed by atoms with E-state index in [4.69, 9.17) is 9.47 Å². The molecule has 0 radical (unpaired) electrons. The average molecular weight is 586 g/mol. The molecule has 3 aromatic heterocycles. The van der Waals surface area contributed by atoms with Gasteiger partial charge in [-0.25, -0.2) is 14.6 Å². The first-order valence-corrected chi connectivity index (χ1v) is 12.8. The Kier molecular flexibility index (Phi) is 8.95. The number of ether oxygens (including phenoxy) is 2. The van der Waals surface area contributed by atoms with Crippen LogP contribution >= 0.6 is 0 Å². The second-order valence-electron chi connectivity index (χ2n) is 9.58. The number of pyridine rings is 2. The van der Waals surface area contributed by atoms with Crippen LogP contribution in [0.2, 0.25) is 0 Å². The van der Waals surface area contributed by atoms with E-state index in [2.05, 4.69) is 30.9 Å². The molecular formula is C28H30F3N7O4. The lowest BCUT2D eigenvalue weighted by Gasteiger charge is -2.24. The van der Waals surface area contributed by atoms with Gasteiger partial charge in [-0.1, -0.05) is 5.21 Å². The van der Waals surface area contributed by atoms with Gasteiger partial charge in [0, 0.05) is 11.8 Å². The summed E-state index contributed by atoms with van der Waals surface area (Å²) in [7, 11) is 2.99. The van der Waals surface area contributed by atoms with Gasteiger partial charge in [-0.3, -0.25) is 4.79 Å². The van der Waals surface area contributed by atoms with E-state index in [1.54, 1.807) is 51.1 Å². The van der Waals surface area contributed by atoms with Crippen LogP contribution in [0.25, 0.3) is 11.4 Å². The van der Waals surface area contributed by atoms with Gasteiger partial charge in [0.2, 0.25) is 5.91 Å². The Morgan fingerprint density at radius 3 is 2.48 bits per heavy atom. The first-order chi connectivity index (χ1) is 19.9. The highest BCUT2D eigenvalue weighted by Gasteiger charge is 2.31. The zero-order valence-corrected chi connectivity index (χ0v) is 23.5. The number of anilines is 2. The fourth-order valence-electron chi connectivity index (χ4n) is 4.14. The van der Waals surface area contributed by atoms with Crippen molar-refractivity contribution in [2.24, 2.45) is 0 Å². The molecule has 14 heteroatoms. The second kappa shape index (κ2) is 12.4. The van der Waals surface area contributed by atoms with Crippen LogP contribution in [-0.4, -0.2) is 56.2 Å². The molecule has 3 N–H and O–H groups in total. The summed E-state index contributed by atoms with van der Waals surface area (Å²) in [5.74, 6) is 0.788. The molecule has 0 bridgehead atoms. The van der Waals surface area contributed by atoms with Crippen molar-refractivity contribution in [3.8, 4) is 22.9 Å². The molecule has 0 saturated heterocycles. The molecule has 3 heterocycles. The van der Waals surface area contributed by atoms with Gasteiger partial charge in [-0.05, 0) is 68.8 Å². The minimum Gasteiger partial charge on any atom is -0.497 e. The van der Waals surface area contributed by atoms with Crippen molar-refractivity contribution in [1.82, 2.24) is 30.3 Å². The molecule has 1 amide bonds. The van der Waals surface area contributed by atoms with Crippen molar-refractivity contribution in [3.05, 3.63) is 71.5 Å². The normalized spacial score (nSPS) is 13.6. The molecule has 1 aromatic carbocycles. The number of halogens is 3. The number of methoxy groups -OCH3 is 2. The van der Waals surface area contributed by atoms with E-state index >= 15 is 0 Å². The fourth-order valence-corrected chi connectivity index (χ4v) is 4.14. The number of alkyl halides is 3. The molecule has 4 aromatic rings. The van der Waals surface area contributed by atoms with E-state index < -0.39 is 35.8 Å². The third kappa shape index (κ3) is 6.94. The summed E-state index contributed by atoms with van der Waals surface area (Å²) in [6.07, 6.45) is -3.01. The summed E-state index contributed by atoms with van der Waals surface area (Å²) in [4.78, 5) is 21.4. The Bertz CT molecular complexity index is 1560. The first kappa shape index (κ1) is 30.2. The van der Waals surface area contributed by atoms with Crippen molar-refractivity contribution < 1.29 is 32.5 Å². The number of carbonyl (C=O) groups excluding carboxylic acids is 1. The van der Waals surface area contributed by atoms with E-state index in [0.29, 0.717) is 28.5 Å². The monoisotopic (exact) mass is 585 g/mol. The third-order valence-electron chi connectivity index (χ3n) is 6.46. The fraction of sp³-hybridized carbons (Fsp3) is 0.321. The van der Waals surface area contributed by atoms with Gasteiger partial charge >= 0.3 is 6.18 Å². The number of benzene rings is 1. The van der Waals surface area contributed by atoms with Crippen LogP contribution in [0.15, 0.2) is 54.9 Å². The molecule has 11 nitrogen and oxygen atoms in total. The number of nitrogens with zero attached hydrogens (tertiary/aromatic N) is 5. The predicted octanol–water partition coefficient (Wildman–Crippen LogP) is 4.62. The van der Waals surface area contributed by atoms with Crippen molar-refractivity contribution in [3.63, 3.8) is 0 Å². The molecule has 222 valence electrons. The molecule has 42 heavy (non-hydrogen) atoms. The molecule has 0 spiro atoms. The predicted molar refractivity (Wildman–Crippen MR) is 147 cm³/mol. The van der Waals surface area contributed by atoms with Gasteiger partial charge in [-0.2, -0.15) is 13.2 Å². The topological polar surface area (TPSA) is 136 Å². The standard InChI is InChI=1S/C28H30F3N7O4/c1-15-10-21(34-25(11-15)35-24-12-18(8-9-32-24)28(29,30)31)22-14-38(37-36-22)17(3)27(40)33-16(2)26(39)20-13-19(41-4)6-7-23(20)42-5/h6-14,16-17,26,39H,1-5H3,(H,33,40)(H,32,34,35). The minimum absolute atomic E-state index is 0.0225. The van der Waals surface area contributed by atoms with Crippen LogP contribution in [0.5, 0.6) is 11.5 Å². The summed E-state index contributed by atoms with van der Waals surface area (Å²) >= 11 is 0. The maximum absolute atomic E-state index is 13.1. The van der Waals surface area contributed by atoms with Crippen LogP contribution in [0, 0.1) is 6.92 Å². The lowest BCUT2D eigenvalue weighted by Crippen LogP contribution is -2.40. The maximum atomic E-state index is 13.1. The Hall–Kier alpha value is -4.72. The van der Waals surface area contributed by atoms with Crippen molar-refractivity contribution in [1.29, 1.82) is 0 Å². The highest BCUT2D eigenvalue weighted by Crippen LogP contribution is 2.32. The minimum atomic E-state index is -4.51. The number of aliphatic hydroxyl groups excluding tert-OH is 1. The van der Waals surface area contributed by atoms with E-state index in [0.717, 1.165) is 23.9 Å².